The minimum atomic E-state index is -0.139. The summed E-state index contributed by atoms with van der Waals surface area (Å²) in [6.07, 6.45) is 0. The molecule has 58 heavy (non-hydrogen) atoms. The van der Waals surface area contributed by atoms with Gasteiger partial charge in [0.25, 0.3) is 0 Å². The van der Waals surface area contributed by atoms with Crippen LogP contribution in [0.15, 0.2) is 190 Å². The molecule has 0 atom stereocenters. The molecule has 1 heterocycles. The Morgan fingerprint density at radius 3 is 1.03 bits per heavy atom. The van der Waals surface area contributed by atoms with E-state index in [0.717, 1.165) is 43.1 Å². The fourth-order valence-corrected chi connectivity index (χ4v) is 8.33. The summed E-state index contributed by atoms with van der Waals surface area (Å²) in [6, 6.07) is 51.7. The lowest BCUT2D eigenvalue weighted by Gasteiger charge is -2.20. The van der Waals surface area contributed by atoms with E-state index in [-0.39, 0.29) is 11.6 Å². The first-order valence-electron chi connectivity index (χ1n) is 19.4. The molecule has 280 valence electrons. The predicted molar refractivity (Wildman–Crippen MR) is 243 cm³/mol. The number of Topliss-reactive ketones (excluding diaryl/α,β-unsaturated/α-hetero) is 2. The van der Waals surface area contributed by atoms with Crippen LogP contribution in [0.1, 0.15) is 48.4 Å². The molecule has 0 amide bonds. The molecule has 0 radical (unpaired) electrons. The Morgan fingerprint density at radius 1 is 0.397 bits per heavy atom. The summed E-state index contributed by atoms with van der Waals surface area (Å²) in [7, 11) is 0. The largest absolute Gasteiger partial charge is 0.357 e. The number of fused-ring (bicyclic) bond motifs is 6. The second-order valence-electron chi connectivity index (χ2n) is 14.7. The number of allylic oxidation sites excluding steroid dienone is 4. The van der Waals surface area contributed by atoms with Gasteiger partial charge in [0.2, 0.25) is 0 Å². The van der Waals surface area contributed by atoms with Crippen LogP contribution in [-0.2, 0) is 0 Å². The number of carbonyl (C=O) groups excluding carboxylic acids is 2. The van der Waals surface area contributed by atoms with Gasteiger partial charge in [-0.3, -0.25) is 19.6 Å². The fourth-order valence-electron chi connectivity index (χ4n) is 8.33. The summed E-state index contributed by atoms with van der Waals surface area (Å²) in [5, 5.41) is 14.6. The van der Waals surface area contributed by atoms with Gasteiger partial charge in [0, 0.05) is 22.5 Å². The number of nitrogens with one attached hydrogen (secondary N) is 2. The van der Waals surface area contributed by atoms with Crippen LogP contribution >= 0.6 is 0 Å². The van der Waals surface area contributed by atoms with Crippen LogP contribution in [0.5, 0.6) is 0 Å². The summed E-state index contributed by atoms with van der Waals surface area (Å²) >= 11 is 0. The van der Waals surface area contributed by atoms with Crippen LogP contribution in [0, 0.1) is 0 Å². The van der Waals surface area contributed by atoms with Crippen molar-refractivity contribution in [2.24, 2.45) is 9.98 Å². The first kappa shape index (κ1) is 36.2. The normalized spacial score (nSPS) is 16.1. The molecule has 9 rings (SSSR count). The van der Waals surface area contributed by atoms with Crippen molar-refractivity contribution in [3.63, 3.8) is 0 Å². The van der Waals surface area contributed by atoms with E-state index >= 15 is 9.59 Å². The van der Waals surface area contributed by atoms with Gasteiger partial charge in [0.05, 0.1) is 45.3 Å². The van der Waals surface area contributed by atoms with Gasteiger partial charge in [-0.05, 0) is 107 Å². The van der Waals surface area contributed by atoms with Gasteiger partial charge in [-0.1, -0.05) is 121 Å². The van der Waals surface area contributed by atoms with Crippen LogP contribution in [0.2, 0.25) is 0 Å². The maximum absolute atomic E-state index is 15.3. The lowest BCUT2D eigenvalue weighted by Crippen LogP contribution is -2.18. The summed E-state index contributed by atoms with van der Waals surface area (Å²) in [5.41, 5.74) is 7.08. The van der Waals surface area contributed by atoms with Crippen molar-refractivity contribution in [3.8, 4) is 0 Å². The van der Waals surface area contributed by atoms with Crippen molar-refractivity contribution in [1.82, 2.24) is 0 Å². The fraction of sp³-hybridized carbons (Fsp3) is 0.0769. The zero-order valence-electron chi connectivity index (χ0n) is 32.7. The van der Waals surface area contributed by atoms with E-state index in [4.69, 9.17) is 9.98 Å². The molecule has 6 heteroatoms. The molecule has 0 fully saturated rings. The minimum Gasteiger partial charge on any atom is -0.357 e. The average Bonchev–Trinajstić information content (AvgIpc) is 3.23. The van der Waals surface area contributed by atoms with Crippen molar-refractivity contribution >= 4 is 88.8 Å². The third-order valence-corrected chi connectivity index (χ3v) is 11.0. The number of carbonyl (C=O) groups is 2. The quantitative estimate of drug-likeness (QED) is 0.138. The number of anilines is 2. The maximum Gasteiger partial charge on any atom is 0.197 e. The van der Waals surface area contributed by atoms with E-state index in [1.807, 2.05) is 173 Å². The van der Waals surface area contributed by atoms with E-state index in [1.54, 1.807) is 0 Å². The third-order valence-electron chi connectivity index (χ3n) is 11.0. The number of benzene rings is 8. The van der Waals surface area contributed by atoms with Crippen molar-refractivity contribution in [2.75, 3.05) is 10.6 Å². The molecule has 0 aromatic heterocycles. The highest BCUT2D eigenvalue weighted by Gasteiger charge is 2.26. The lowest BCUT2D eigenvalue weighted by molar-refractivity contribution is 0.103. The van der Waals surface area contributed by atoms with Gasteiger partial charge < -0.3 is 10.6 Å². The Balaban J connectivity index is 1.27. The summed E-state index contributed by atoms with van der Waals surface area (Å²) in [6.45, 7) is 7.58. The van der Waals surface area contributed by atoms with Gasteiger partial charge in [0.1, 0.15) is 0 Å². The van der Waals surface area contributed by atoms with E-state index < -0.39 is 0 Å². The monoisotopic (exact) mass is 752 g/mol. The van der Waals surface area contributed by atoms with Crippen LogP contribution in [-0.4, -0.2) is 23.0 Å². The molecule has 0 bridgehead atoms. The molecule has 1 aliphatic rings. The van der Waals surface area contributed by atoms with Gasteiger partial charge >= 0.3 is 0 Å². The second kappa shape index (κ2) is 14.9. The van der Waals surface area contributed by atoms with Crippen LogP contribution < -0.4 is 10.6 Å². The Morgan fingerprint density at radius 2 is 0.690 bits per heavy atom. The number of hydrogen-bond acceptors (Lipinski definition) is 6. The molecule has 6 nitrogen and oxygen atoms in total. The third kappa shape index (κ3) is 6.44. The van der Waals surface area contributed by atoms with Crippen molar-refractivity contribution < 1.29 is 9.59 Å². The Bertz CT molecular complexity index is 2830. The number of nitrogens with zero attached hydrogens (tertiary/aromatic N) is 2. The van der Waals surface area contributed by atoms with Gasteiger partial charge in [-0.25, -0.2) is 0 Å². The highest BCUT2D eigenvalue weighted by atomic mass is 16.1. The summed E-state index contributed by atoms with van der Waals surface area (Å²) in [4.78, 5) is 40.9. The van der Waals surface area contributed by atoms with Crippen LogP contribution in [0.25, 0.3) is 43.1 Å². The second-order valence-corrected chi connectivity index (χ2v) is 14.7. The molecular formula is C52H40N4O2. The Labute approximate surface area is 337 Å². The molecule has 0 spiro atoms. The van der Waals surface area contributed by atoms with Crippen molar-refractivity contribution in [1.29, 1.82) is 0 Å². The SMILES string of the molecule is CC1=Nc2ccccc2N/C(C)=C(/C(=O)c2c3ccccc3cc3ccccc23)C(C)=Nc2ccccc2N/C(C)=C\1C(=O)c1c2ccccc2cc2ccccc12. The van der Waals surface area contributed by atoms with Crippen molar-refractivity contribution in [3.05, 3.63) is 191 Å². The zero-order valence-corrected chi connectivity index (χ0v) is 32.7. The zero-order chi connectivity index (χ0) is 39.9. The first-order valence-corrected chi connectivity index (χ1v) is 19.4. The van der Waals surface area contributed by atoms with Gasteiger partial charge in [-0.15, -0.1) is 0 Å². The minimum absolute atomic E-state index is 0.139. The first-order chi connectivity index (χ1) is 28.3. The summed E-state index contributed by atoms with van der Waals surface area (Å²) in [5.74, 6) is -0.277. The van der Waals surface area contributed by atoms with E-state index in [0.29, 0.717) is 67.8 Å². The lowest BCUT2D eigenvalue weighted by atomic mass is 9.89. The Hall–Kier alpha value is -7.44. The highest BCUT2D eigenvalue weighted by molar-refractivity contribution is 6.36. The molecule has 0 aliphatic carbocycles. The molecule has 2 N–H and O–H groups in total. The molecule has 0 saturated heterocycles. The number of rotatable bonds is 4. The number of hydrogen-bond donors (Lipinski definition) is 2. The Kier molecular flexibility index (Phi) is 9.30. The number of ketones is 2. The van der Waals surface area contributed by atoms with Gasteiger partial charge in [-0.2, -0.15) is 0 Å². The van der Waals surface area contributed by atoms with E-state index in [1.165, 1.54) is 0 Å². The molecule has 0 saturated carbocycles. The van der Waals surface area contributed by atoms with E-state index in [2.05, 4.69) is 22.8 Å². The molecule has 1 aliphatic heterocycles. The predicted octanol–water partition coefficient (Wildman–Crippen LogP) is 13.3. The molecular weight excluding hydrogens is 713 g/mol. The van der Waals surface area contributed by atoms with Crippen LogP contribution in [0.3, 0.4) is 0 Å². The smallest absolute Gasteiger partial charge is 0.197 e. The van der Waals surface area contributed by atoms with Crippen LogP contribution in [0.4, 0.5) is 22.7 Å². The standard InChI is InChI=1S/C52H40N4O2/c1-31-47(51(57)49-39-21-9-5-17-35(39)29-36-18-6-10-22-40(36)49)32(2)54-45-27-15-16-28-46(45)56-34(4)48(33(3)55-44-26-14-13-25-43(44)53-31)52(58)50-41-23-11-7-19-37(41)30-38-20-8-12-24-42(38)50/h5-30,53,56H,1-4H3/b47-31+,48-34+,54-32?,55-33?. The highest BCUT2D eigenvalue weighted by Crippen LogP contribution is 2.37. The summed E-state index contributed by atoms with van der Waals surface area (Å²) < 4.78 is 0. The average molecular weight is 753 g/mol. The van der Waals surface area contributed by atoms with Gasteiger partial charge in [0.15, 0.2) is 11.6 Å². The number of para-hydroxylation sites is 4. The molecule has 0 unspecified atom stereocenters. The van der Waals surface area contributed by atoms with Crippen molar-refractivity contribution in [2.45, 2.75) is 27.7 Å². The molecule has 8 aromatic rings. The van der Waals surface area contributed by atoms with E-state index in [9.17, 15) is 0 Å². The topological polar surface area (TPSA) is 82.9 Å². The maximum atomic E-state index is 15.3. The molecule has 8 aromatic carbocycles. The number of aliphatic imine (C=N–C) groups is 2.